The molecule has 0 N–H and O–H groups in total. The molecule has 1 aromatic rings. The first-order chi connectivity index (χ1) is 7.79. The molecule has 0 bridgehead atoms. The average molecular weight is 242 g/mol. The second-order valence-electron chi connectivity index (χ2n) is 3.47. The van der Waals surface area contributed by atoms with Crippen molar-refractivity contribution >= 4 is 17.7 Å². The third kappa shape index (κ3) is 2.73. The van der Waals surface area contributed by atoms with Gasteiger partial charge in [-0.05, 0) is 0 Å². The summed E-state index contributed by atoms with van der Waals surface area (Å²) in [4.78, 5) is 17.3. The van der Waals surface area contributed by atoms with Crippen LogP contribution in [0.5, 0.6) is 0 Å². The van der Waals surface area contributed by atoms with Crippen LogP contribution in [0.3, 0.4) is 0 Å². The second kappa shape index (κ2) is 5.31. The second-order valence-corrected chi connectivity index (χ2v) is 4.70. The summed E-state index contributed by atoms with van der Waals surface area (Å²) in [6.45, 7) is 2.79. The topological polar surface area (TPSA) is 60.2 Å². The maximum absolute atomic E-state index is 11.1. The van der Waals surface area contributed by atoms with Crippen LogP contribution >= 0.6 is 11.8 Å². The van der Waals surface area contributed by atoms with Gasteiger partial charge in [-0.15, -0.1) is 5.10 Å². The number of carbonyl (C=O) groups is 1. The van der Waals surface area contributed by atoms with Crippen LogP contribution < -0.4 is 0 Å². The number of rotatable bonds is 3. The van der Waals surface area contributed by atoms with Gasteiger partial charge < -0.3 is 4.74 Å². The number of ether oxygens (including phenoxy) is 1. The number of hydrogen-bond acceptors (Lipinski definition) is 6. The number of thioether (sulfide) groups is 1. The Morgan fingerprint density at radius 1 is 1.56 bits per heavy atom. The molecule has 1 aromatic heterocycles. The van der Waals surface area contributed by atoms with Gasteiger partial charge in [0.1, 0.15) is 6.33 Å². The molecule has 88 valence electrons. The SMILES string of the molecule is COC(=O)c1ncn(CN2CCSCC2)n1. The monoisotopic (exact) mass is 242 g/mol. The molecule has 0 amide bonds. The van der Waals surface area contributed by atoms with Gasteiger partial charge in [-0.1, -0.05) is 0 Å². The lowest BCUT2D eigenvalue weighted by Gasteiger charge is -2.25. The zero-order valence-corrected chi connectivity index (χ0v) is 9.94. The fourth-order valence-corrected chi connectivity index (χ4v) is 2.47. The summed E-state index contributed by atoms with van der Waals surface area (Å²) in [6, 6.07) is 0. The Morgan fingerprint density at radius 2 is 2.31 bits per heavy atom. The molecule has 1 saturated heterocycles. The van der Waals surface area contributed by atoms with Gasteiger partial charge in [0.15, 0.2) is 0 Å². The molecule has 2 heterocycles. The fourth-order valence-electron chi connectivity index (χ4n) is 1.50. The Morgan fingerprint density at radius 3 is 3.00 bits per heavy atom. The van der Waals surface area contributed by atoms with Crippen molar-refractivity contribution in [2.75, 3.05) is 31.7 Å². The van der Waals surface area contributed by atoms with E-state index in [9.17, 15) is 4.79 Å². The maximum atomic E-state index is 11.1. The first-order valence-corrected chi connectivity index (χ1v) is 6.23. The maximum Gasteiger partial charge on any atom is 0.377 e. The van der Waals surface area contributed by atoms with Crippen LogP contribution in [0.1, 0.15) is 10.6 Å². The van der Waals surface area contributed by atoms with Crippen molar-refractivity contribution in [3.8, 4) is 0 Å². The number of carbonyl (C=O) groups excluding carboxylic acids is 1. The first kappa shape index (κ1) is 11.4. The van der Waals surface area contributed by atoms with E-state index < -0.39 is 5.97 Å². The lowest BCUT2D eigenvalue weighted by atomic mass is 10.5. The van der Waals surface area contributed by atoms with Crippen LogP contribution in [0, 0.1) is 0 Å². The lowest BCUT2D eigenvalue weighted by molar-refractivity contribution is 0.0585. The van der Waals surface area contributed by atoms with Crippen molar-refractivity contribution in [1.29, 1.82) is 0 Å². The molecule has 1 aliphatic rings. The van der Waals surface area contributed by atoms with E-state index >= 15 is 0 Å². The average Bonchev–Trinajstić information content (AvgIpc) is 2.78. The van der Waals surface area contributed by atoms with Crippen LogP contribution in [0.2, 0.25) is 0 Å². The molecule has 0 unspecified atom stereocenters. The Balaban J connectivity index is 1.94. The van der Waals surface area contributed by atoms with Gasteiger partial charge in [0.05, 0.1) is 13.8 Å². The van der Waals surface area contributed by atoms with E-state index in [0.29, 0.717) is 6.67 Å². The zero-order valence-electron chi connectivity index (χ0n) is 9.13. The van der Waals surface area contributed by atoms with Crippen LogP contribution in [0.15, 0.2) is 6.33 Å². The van der Waals surface area contributed by atoms with Crippen molar-refractivity contribution in [3.63, 3.8) is 0 Å². The number of methoxy groups -OCH3 is 1. The molecule has 0 saturated carbocycles. The third-order valence-electron chi connectivity index (χ3n) is 2.35. The van der Waals surface area contributed by atoms with Crippen LogP contribution in [-0.4, -0.2) is 57.3 Å². The highest BCUT2D eigenvalue weighted by atomic mass is 32.2. The number of hydrogen-bond donors (Lipinski definition) is 0. The fraction of sp³-hybridized carbons (Fsp3) is 0.667. The molecule has 0 atom stereocenters. The summed E-state index contributed by atoms with van der Waals surface area (Å²) in [5, 5.41) is 4.06. The van der Waals surface area contributed by atoms with Gasteiger partial charge in [-0.25, -0.2) is 14.5 Å². The molecule has 0 aromatic carbocycles. The Labute approximate surface area is 98.0 Å². The molecule has 1 aliphatic heterocycles. The van der Waals surface area contributed by atoms with Gasteiger partial charge in [-0.3, -0.25) is 4.90 Å². The molecule has 6 nitrogen and oxygen atoms in total. The molecule has 2 rings (SSSR count). The van der Waals surface area contributed by atoms with E-state index in [1.54, 1.807) is 11.0 Å². The number of nitrogens with zero attached hydrogens (tertiary/aromatic N) is 4. The highest BCUT2D eigenvalue weighted by Crippen LogP contribution is 2.09. The number of esters is 1. The Bertz CT molecular complexity index is 362. The quantitative estimate of drug-likeness (QED) is 0.699. The van der Waals surface area contributed by atoms with Crippen LogP contribution in [0.25, 0.3) is 0 Å². The Kier molecular flexibility index (Phi) is 3.79. The van der Waals surface area contributed by atoms with Crippen molar-refractivity contribution < 1.29 is 9.53 Å². The molecule has 7 heteroatoms. The summed E-state index contributed by atoms with van der Waals surface area (Å²) in [6.07, 6.45) is 1.56. The number of aromatic nitrogens is 3. The summed E-state index contributed by atoms with van der Waals surface area (Å²) in [5.41, 5.74) is 0. The van der Waals surface area contributed by atoms with Gasteiger partial charge in [0.2, 0.25) is 0 Å². The molecule has 0 spiro atoms. The van der Waals surface area contributed by atoms with Crippen molar-refractivity contribution in [2.45, 2.75) is 6.67 Å². The minimum absolute atomic E-state index is 0.119. The molecule has 1 fully saturated rings. The first-order valence-electron chi connectivity index (χ1n) is 5.07. The van der Waals surface area contributed by atoms with Crippen LogP contribution in [0.4, 0.5) is 0 Å². The predicted octanol–water partition coefficient (Wildman–Crippen LogP) is 0.0710. The van der Waals surface area contributed by atoms with Crippen molar-refractivity contribution in [2.24, 2.45) is 0 Å². The Hall–Kier alpha value is -1.08. The highest BCUT2D eigenvalue weighted by Gasteiger charge is 2.14. The lowest BCUT2D eigenvalue weighted by Crippen LogP contribution is -2.34. The molecule has 16 heavy (non-hydrogen) atoms. The van der Waals surface area contributed by atoms with E-state index in [1.165, 1.54) is 7.11 Å². The normalized spacial score (nSPS) is 17.3. The minimum atomic E-state index is -0.493. The summed E-state index contributed by atoms with van der Waals surface area (Å²) in [7, 11) is 1.32. The van der Waals surface area contributed by atoms with E-state index in [2.05, 4.69) is 19.7 Å². The molecule has 0 aliphatic carbocycles. The summed E-state index contributed by atoms with van der Waals surface area (Å²) in [5.74, 6) is 1.93. The van der Waals surface area contributed by atoms with E-state index in [0.717, 1.165) is 24.6 Å². The summed E-state index contributed by atoms with van der Waals surface area (Å²) >= 11 is 1.96. The van der Waals surface area contributed by atoms with Gasteiger partial charge in [-0.2, -0.15) is 11.8 Å². The summed E-state index contributed by atoms with van der Waals surface area (Å²) < 4.78 is 6.21. The largest absolute Gasteiger partial charge is 0.463 e. The molecule has 0 radical (unpaired) electrons. The van der Waals surface area contributed by atoms with Crippen molar-refractivity contribution in [3.05, 3.63) is 12.2 Å². The van der Waals surface area contributed by atoms with Crippen LogP contribution in [-0.2, 0) is 11.4 Å². The standard InChI is InChI=1S/C9H14N4O2S/c1-15-9(14)8-10-6-13(11-8)7-12-2-4-16-5-3-12/h6H,2-5,7H2,1H3. The van der Waals surface area contributed by atoms with Gasteiger partial charge in [0, 0.05) is 24.6 Å². The van der Waals surface area contributed by atoms with Crippen molar-refractivity contribution in [1.82, 2.24) is 19.7 Å². The molecular weight excluding hydrogens is 228 g/mol. The minimum Gasteiger partial charge on any atom is -0.463 e. The van der Waals surface area contributed by atoms with Gasteiger partial charge in [0.25, 0.3) is 5.82 Å². The van der Waals surface area contributed by atoms with Gasteiger partial charge >= 0.3 is 5.97 Å². The van der Waals surface area contributed by atoms with E-state index in [1.807, 2.05) is 11.8 Å². The smallest absolute Gasteiger partial charge is 0.377 e. The molecular formula is C9H14N4O2S. The predicted molar refractivity (Wildman–Crippen MR) is 60.3 cm³/mol. The third-order valence-corrected chi connectivity index (χ3v) is 3.30. The van der Waals surface area contributed by atoms with E-state index in [-0.39, 0.29) is 5.82 Å². The zero-order chi connectivity index (χ0) is 11.4. The highest BCUT2D eigenvalue weighted by molar-refractivity contribution is 7.99. The van der Waals surface area contributed by atoms with E-state index in [4.69, 9.17) is 0 Å².